The van der Waals surface area contributed by atoms with Crippen molar-refractivity contribution in [2.24, 2.45) is 4.99 Å². The van der Waals surface area contributed by atoms with Gasteiger partial charge < -0.3 is 10.6 Å². The number of hydrogen-bond donors (Lipinski definition) is 2. The van der Waals surface area contributed by atoms with Crippen molar-refractivity contribution in [2.75, 3.05) is 13.1 Å². The largest absolute Gasteiger partial charge is 0.357 e. The molecule has 1 unspecified atom stereocenters. The number of benzene rings is 1. The normalized spacial score (nSPS) is 13.1. The molecule has 22 heavy (non-hydrogen) atoms. The van der Waals surface area contributed by atoms with E-state index in [1.807, 2.05) is 12.3 Å². The molecule has 0 radical (unpaired) electrons. The van der Waals surface area contributed by atoms with Gasteiger partial charge >= 0.3 is 0 Å². The van der Waals surface area contributed by atoms with E-state index < -0.39 is 0 Å². The fourth-order valence-corrected chi connectivity index (χ4v) is 2.31. The first-order chi connectivity index (χ1) is 10.7. The molecule has 0 bridgehead atoms. The Hall–Kier alpha value is -2.10. The summed E-state index contributed by atoms with van der Waals surface area (Å²) in [5, 5.41) is 7.90. The van der Waals surface area contributed by atoms with Gasteiger partial charge in [0.1, 0.15) is 0 Å². The van der Waals surface area contributed by atoms with E-state index in [1.54, 1.807) is 0 Å². The maximum atomic E-state index is 4.67. The number of aliphatic imine (C=N–C) groups is 1. The van der Waals surface area contributed by atoms with E-state index in [4.69, 9.17) is 0 Å². The smallest absolute Gasteiger partial charge is 0.191 e. The first-order valence-electron chi connectivity index (χ1n) is 8.12. The highest BCUT2D eigenvalue weighted by Gasteiger charge is 2.04. The SMILES string of the molecule is CCNC(=NCCc1cccc2cccnc12)NC(C)CC. The summed E-state index contributed by atoms with van der Waals surface area (Å²) in [6.45, 7) is 8.05. The molecule has 1 aromatic carbocycles. The highest BCUT2D eigenvalue weighted by molar-refractivity contribution is 5.82. The second-order valence-corrected chi connectivity index (χ2v) is 5.46. The number of hydrogen-bond acceptors (Lipinski definition) is 2. The van der Waals surface area contributed by atoms with Crippen molar-refractivity contribution in [3.8, 4) is 0 Å². The number of aromatic nitrogens is 1. The van der Waals surface area contributed by atoms with Gasteiger partial charge in [0.2, 0.25) is 0 Å². The lowest BCUT2D eigenvalue weighted by atomic mass is 10.1. The van der Waals surface area contributed by atoms with Gasteiger partial charge in [0.25, 0.3) is 0 Å². The molecule has 118 valence electrons. The monoisotopic (exact) mass is 298 g/mol. The van der Waals surface area contributed by atoms with Crippen molar-refractivity contribution in [2.45, 2.75) is 39.7 Å². The zero-order valence-corrected chi connectivity index (χ0v) is 13.8. The molecule has 0 aliphatic heterocycles. The van der Waals surface area contributed by atoms with Crippen LogP contribution in [0.15, 0.2) is 41.5 Å². The van der Waals surface area contributed by atoms with E-state index >= 15 is 0 Å². The Balaban J connectivity index is 2.05. The number of nitrogens with one attached hydrogen (secondary N) is 2. The Morgan fingerprint density at radius 3 is 2.82 bits per heavy atom. The van der Waals surface area contributed by atoms with Gasteiger partial charge in [-0.1, -0.05) is 31.2 Å². The van der Waals surface area contributed by atoms with Gasteiger partial charge in [-0.2, -0.15) is 0 Å². The van der Waals surface area contributed by atoms with Gasteiger partial charge in [0, 0.05) is 30.7 Å². The molecular formula is C18H26N4. The van der Waals surface area contributed by atoms with Crippen molar-refractivity contribution >= 4 is 16.9 Å². The minimum atomic E-state index is 0.428. The molecule has 0 saturated carbocycles. The number of rotatable bonds is 6. The van der Waals surface area contributed by atoms with Crippen LogP contribution in [0, 0.1) is 0 Å². The average molecular weight is 298 g/mol. The van der Waals surface area contributed by atoms with Crippen LogP contribution in [0.25, 0.3) is 10.9 Å². The topological polar surface area (TPSA) is 49.3 Å². The van der Waals surface area contributed by atoms with Gasteiger partial charge in [-0.15, -0.1) is 0 Å². The summed E-state index contributed by atoms with van der Waals surface area (Å²) in [5.41, 5.74) is 2.33. The highest BCUT2D eigenvalue weighted by Crippen LogP contribution is 2.16. The minimum Gasteiger partial charge on any atom is -0.357 e. The summed E-state index contributed by atoms with van der Waals surface area (Å²) in [6.07, 6.45) is 3.83. The summed E-state index contributed by atoms with van der Waals surface area (Å²) >= 11 is 0. The molecule has 0 saturated heterocycles. The Morgan fingerprint density at radius 1 is 1.23 bits per heavy atom. The second-order valence-electron chi connectivity index (χ2n) is 5.46. The molecular weight excluding hydrogens is 272 g/mol. The predicted molar refractivity (Wildman–Crippen MR) is 94.3 cm³/mol. The molecule has 1 aromatic heterocycles. The van der Waals surface area contributed by atoms with E-state index in [9.17, 15) is 0 Å². The van der Waals surface area contributed by atoms with Gasteiger partial charge in [-0.25, -0.2) is 0 Å². The van der Waals surface area contributed by atoms with E-state index in [2.05, 4.69) is 65.6 Å². The minimum absolute atomic E-state index is 0.428. The number of pyridine rings is 1. The third-order valence-electron chi connectivity index (χ3n) is 3.71. The van der Waals surface area contributed by atoms with Gasteiger partial charge in [0.15, 0.2) is 5.96 Å². The van der Waals surface area contributed by atoms with Crippen molar-refractivity contribution in [3.63, 3.8) is 0 Å². The van der Waals surface area contributed by atoms with Gasteiger partial charge in [0.05, 0.1) is 5.52 Å². The molecule has 4 nitrogen and oxygen atoms in total. The van der Waals surface area contributed by atoms with E-state index in [0.717, 1.165) is 37.4 Å². The zero-order valence-electron chi connectivity index (χ0n) is 13.8. The Morgan fingerprint density at radius 2 is 2.05 bits per heavy atom. The molecule has 0 spiro atoms. The molecule has 0 amide bonds. The quantitative estimate of drug-likeness (QED) is 0.636. The average Bonchev–Trinajstić information content (AvgIpc) is 2.55. The lowest BCUT2D eigenvalue weighted by Crippen LogP contribution is -2.42. The van der Waals surface area contributed by atoms with Crippen LogP contribution in [0.4, 0.5) is 0 Å². The fourth-order valence-electron chi connectivity index (χ4n) is 2.31. The lowest BCUT2D eigenvalue weighted by molar-refractivity contribution is 0.624. The van der Waals surface area contributed by atoms with Crippen molar-refractivity contribution in [1.82, 2.24) is 15.6 Å². The Kier molecular flexibility index (Phi) is 6.19. The number of guanidine groups is 1. The summed E-state index contributed by atoms with van der Waals surface area (Å²) in [6, 6.07) is 10.8. The van der Waals surface area contributed by atoms with Crippen LogP contribution >= 0.6 is 0 Å². The number of nitrogens with zero attached hydrogens (tertiary/aromatic N) is 2. The van der Waals surface area contributed by atoms with Gasteiger partial charge in [-0.3, -0.25) is 9.98 Å². The first-order valence-corrected chi connectivity index (χ1v) is 8.12. The van der Waals surface area contributed by atoms with Crippen LogP contribution in [0.5, 0.6) is 0 Å². The first kappa shape index (κ1) is 16.3. The maximum absolute atomic E-state index is 4.67. The number of fused-ring (bicyclic) bond motifs is 1. The lowest BCUT2D eigenvalue weighted by Gasteiger charge is -2.16. The van der Waals surface area contributed by atoms with Gasteiger partial charge in [-0.05, 0) is 38.3 Å². The Labute approximate surface area is 133 Å². The van der Waals surface area contributed by atoms with Crippen LogP contribution < -0.4 is 10.6 Å². The molecule has 2 N–H and O–H groups in total. The van der Waals surface area contributed by atoms with Crippen LogP contribution in [0.2, 0.25) is 0 Å². The number of para-hydroxylation sites is 1. The van der Waals surface area contributed by atoms with Crippen LogP contribution in [-0.4, -0.2) is 30.1 Å². The molecule has 2 aromatic rings. The van der Waals surface area contributed by atoms with E-state index in [1.165, 1.54) is 10.9 Å². The van der Waals surface area contributed by atoms with Crippen molar-refractivity contribution in [1.29, 1.82) is 0 Å². The zero-order chi connectivity index (χ0) is 15.8. The molecule has 0 aliphatic rings. The van der Waals surface area contributed by atoms with Crippen LogP contribution in [0.3, 0.4) is 0 Å². The standard InChI is InChI=1S/C18H26N4/c1-4-14(3)22-18(19-5-2)21-13-11-16-9-6-8-15-10-7-12-20-17(15)16/h6-10,12,14H,4-5,11,13H2,1-3H3,(H2,19,21,22). The third kappa shape index (κ3) is 4.45. The third-order valence-corrected chi connectivity index (χ3v) is 3.71. The van der Waals surface area contributed by atoms with E-state index in [0.29, 0.717) is 6.04 Å². The van der Waals surface area contributed by atoms with Crippen LogP contribution in [-0.2, 0) is 6.42 Å². The molecule has 1 heterocycles. The predicted octanol–water partition coefficient (Wildman–Crippen LogP) is 3.13. The molecule has 0 aliphatic carbocycles. The summed E-state index contributed by atoms with van der Waals surface area (Å²) in [7, 11) is 0. The summed E-state index contributed by atoms with van der Waals surface area (Å²) in [4.78, 5) is 9.17. The second kappa shape index (κ2) is 8.37. The Bertz CT molecular complexity index is 616. The highest BCUT2D eigenvalue weighted by atomic mass is 15.2. The summed E-state index contributed by atoms with van der Waals surface area (Å²) in [5.74, 6) is 0.894. The molecule has 2 rings (SSSR count). The van der Waals surface area contributed by atoms with Crippen molar-refractivity contribution in [3.05, 3.63) is 42.1 Å². The fraction of sp³-hybridized carbons (Fsp3) is 0.444. The molecule has 0 fully saturated rings. The van der Waals surface area contributed by atoms with Crippen LogP contribution in [0.1, 0.15) is 32.8 Å². The van der Waals surface area contributed by atoms with E-state index in [-0.39, 0.29) is 0 Å². The molecule has 1 atom stereocenters. The summed E-state index contributed by atoms with van der Waals surface area (Å²) < 4.78 is 0. The maximum Gasteiger partial charge on any atom is 0.191 e. The molecule has 4 heteroatoms. The van der Waals surface area contributed by atoms with Crippen molar-refractivity contribution < 1.29 is 0 Å².